The fourth-order valence-corrected chi connectivity index (χ4v) is 2.21. The number of nitrogens with one attached hydrogen (secondary N) is 1. The number of hydrogen-bond acceptors (Lipinski definition) is 4. The lowest BCUT2D eigenvalue weighted by atomic mass is 10.1. The molecule has 22 heavy (non-hydrogen) atoms. The molecular weight excluding hydrogens is 285 g/mol. The monoisotopic (exact) mass is 297 g/mol. The molecule has 0 aliphatic heterocycles. The van der Waals surface area contributed by atoms with Crippen LogP contribution in [0.2, 0.25) is 0 Å². The van der Waals surface area contributed by atoms with Gasteiger partial charge in [0, 0.05) is 24.8 Å². The van der Waals surface area contributed by atoms with Crippen LogP contribution in [0.1, 0.15) is 11.1 Å². The van der Waals surface area contributed by atoms with Gasteiger partial charge in [-0.3, -0.25) is 4.57 Å². The van der Waals surface area contributed by atoms with Gasteiger partial charge in [-0.1, -0.05) is 0 Å². The third kappa shape index (κ3) is 2.44. The maximum Gasteiger partial charge on any atom is 0.419 e. The second-order valence-electron chi connectivity index (χ2n) is 4.88. The lowest BCUT2D eigenvalue weighted by molar-refractivity contribution is 0.528. The van der Waals surface area contributed by atoms with Crippen molar-refractivity contribution >= 4 is 16.8 Å². The molecule has 0 spiro atoms. The van der Waals surface area contributed by atoms with E-state index in [0.717, 1.165) is 5.69 Å². The van der Waals surface area contributed by atoms with Crippen LogP contribution in [0.25, 0.3) is 11.1 Å². The molecule has 0 atom stereocenters. The summed E-state index contributed by atoms with van der Waals surface area (Å²) >= 11 is 0. The second kappa shape index (κ2) is 5.37. The number of aromatic nitrogens is 1. The van der Waals surface area contributed by atoms with E-state index in [0.29, 0.717) is 22.2 Å². The number of rotatable bonds is 3. The highest BCUT2D eigenvalue weighted by Crippen LogP contribution is 2.19. The molecule has 1 heterocycles. The summed E-state index contributed by atoms with van der Waals surface area (Å²) in [7, 11) is 1.62. The Morgan fingerprint density at radius 1 is 1.32 bits per heavy atom. The predicted octanol–water partition coefficient (Wildman–Crippen LogP) is 2.75. The number of hydrogen-bond donors (Lipinski definition) is 1. The van der Waals surface area contributed by atoms with Gasteiger partial charge in [0.25, 0.3) is 0 Å². The van der Waals surface area contributed by atoms with Crippen LogP contribution in [0.15, 0.2) is 45.6 Å². The Hall–Kier alpha value is -3.07. The molecule has 0 unspecified atom stereocenters. The topological polar surface area (TPSA) is 71.0 Å². The average Bonchev–Trinajstić information content (AvgIpc) is 2.81. The maximum absolute atomic E-state index is 13.7. The number of aryl methyl sites for hydroxylation is 1. The number of anilines is 1. The van der Waals surface area contributed by atoms with E-state index in [4.69, 9.17) is 9.68 Å². The fraction of sp³-hybridized carbons (Fsp3) is 0.125. The lowest BCUT2D eigenvalue weighted by Gasteiger charge is -2.08. The van der Waals surface area contributed by atoms with Gasteiger partial charge in [-0.05, 0) is 36.4 Å². The number of benzene rings is 2. The van der Waals surface area contributed by atoms with E-state index in [1.54, 1.807) is 25.2 Å². The van der Waals surface area contributed by atoms with Gasteiger partial charge in [0.1, 0.15) is 5.82 Å². The minimum Gasteiger partial charge on any atom is -0.408 e. The van der Waals surface area contributed by atoms with Crippen LogP contribution in [0.4, 0.5) is 10.1 Å². The number of nitriles is 1. The minimum absolute atomic E-state index is 0.235. The molecule has 3 aromatic rings. The normalized spacial score (nSPS) is 10.6. The number of nitrogens with zero attached hydrogens (tertiary/aromatic N) is 2. The molecule has 0 bridgehead atoms. The third-order valence-corrected chi connectivity index (χ3v) is 3.45. The predicted molar refractivity (Wildman–Crippen MR) is 79.9 cm³/mol. The van der Waals surface area contributed by atoms with Crippen molar-refractivity contribution in [3.05, 3.63) is 63.9 Å². The summed E-state index contributed by atoms with van der Waals surface area (Å²) in [5.74, 6) is -0.803. The molecule has 110 valence electrons. The van der Waals surface area contributed by atoms with Crippen molar-refractivity contribution in [2.24, 2.45) is 7.05 Å². The van der Waals surface area contributed by atoms with Crippen molar-refractivity contribution in [2.45, 2.75) is 6.54 Å². The van der Waals surface area contributed by atoms with E-state index in [9.17, 15) is 9.18 Å². The summed E-state index contributed by atoms with van der Waals surface area (Å²) in [6.45, 7) is 0.235. The zero-order valence-electron chi connectivity index (χ0n) is 11.8. The Morgan fingerprint density at radius 2 is 2.14 bits per heavy atom. The van der Waals surface area contributed by atoms with Crippen LogP contribution in [-0.2, 0) is 13.6 Å². The van der Waals surface area contributed by atoms with Crippen LogP contribution in [-0.4, -0.2) is 4.57 Å². The van der Waals surface area contributed by atoms with Gasteiger partial charge in [-0.15, -0.1) is 0 Å². The van der Waals surface area contributed by atoms with E-state index < -0.39 is 5.76 Å². The molecule has 6 heteroatoms. The summed E-state index contributed by atoms with van der Waals surface area (Å²) in [6.07, 6.45) is 0. The first-order chi connectivity index (χ1) is 10.6. The first kappa shape index (κ1) is 13.9. The van der Waals surface area contributed by atoms with Gasteiger partial charge >= 0.3 is 5.76 Å². The van der Waals surface area contributed by atoms with Gasteiger partial charge in [0.2, 0.25) is 0 Å². The summed E-state index contributed by atoms with van der Waals surface area (Å²) in [5.41, 5.74) is 2.69. The summed E-state index contributed by atoms with van der Waals surface area (Å²) < 4.78 is 20.2. The molecule has 5 nitrogen and oxygen atoms in total. The highest BCUT2D eigenvalue weighted by molar-refractivity contribution is 5.77. The standard InChI is InChI=1S/C16H12FN3O2/c1-20-14-7-12(3-5-15(14)22-16(20)21)19-9-11-6-10(8-18)2-4-13(11)17/h2-7,19H,9H2,1H3. The number of halogens is 1. The first-order valence-corrected chi connectivity index (χ1v) is 6.60. The molecule has 0 amide bonds. The zero-order valence-corrected chi connectivity index (χ0v) is 11.8. The molecule has 0 saturated carbocycles. The Bertz CT molecular complexity index is 950. The van der Waals surface area contributed by atoms with E-state index in [2.05, 4.69) is 5.32 Å². The van der Waals surface area contributed by atoms with E-state index in [1.807, 2.05) is 6.07 Å². The van der Waals surface area contributed by atoms with Gasteiger partial charge in [0.05, 0.1) is 17.1 Å². The molecule has 0 aliphatic rings. The van der Waals surface area contributed by atoms with Crippen molar-refractivity contribution in [2.75, 3.05) is 5.32 Å². The van der Waals surface area contributed by atoms with Gasteiger partial charge in [-0.25, -0.2) is 9.18 Å². The van der Waals surface area contributed by atoms with E-state index in [1.165, 1.54) is 22.8 Å². The molecule has 1 N–H and O–H groups in total. The van der Waals surface area contributed by atoms with E-state index in [-0.39, 0.29) is 12.4 Å². The number of fused-ring (bicyclic) bond motifs is 1. The Labute approximate surface area is 125 Å². The second-order valence-corrected chi connectivity index (χ2v) is 4.88. The Morgan fingerprint density at radius 3 is 2.91 bits per heavy atom. The van der Waals surface area contributed by atoms with Crippen LogP contribution in [0, 0.1) is 17.1 Å². The summed E-state index contributed by atoms with van der Waals surface area (Å²) in [4.78, 5) is 11.4. The first-order valence-electron chi connectivity index (χ1n) is 6.60. The summed E-state index contributed by atoms with van der Waals surface area (Å²) in [5, 5.41) is 11.9. The maximum atomic E-state index is 13.7. The fourth-order valence-electron chi connectivity index (χ4n) is 2.21. The van der Waals surface area contributed by atoms with E-state index >= 15 is 0 Å². The molecule has 2 aromatic carbocycles. The molecule has 0 saturated heterocycles. The van der Waals surface area contributed by atoms with Crippen molar-refractivity contribution < 1.29 is 8.81 Å². The highest BCUT2D eigenvalue weighted by Gasteiger charge is 2.07. The van der Waals surface area contributed by atoms with Crippen LogP contribution >= 0.6 is 0 Å². The Balaban J connectivity index is 1.86. The Kier molecular flexibility index (Phi) is 3.39. The van der Waals surface area contributed by atoms with Crippen molar-refractivity contribution in [3.8, 4) is 6.07 Å². The summed E-state index contributed by atoms with van der Waals surface area (Å²) in [6, 6.07) is 11.4. The van der Waals surface area contributed by atoms with Gasteiger partial charge in [-0.2, -0.15) is 5.26 Å². The zero-order chi connectivity index (χ0) is 15.7. The molecule has 1 aromatic heterocycles. The minimum atomic E-state index is -0.431. The largest absolute Gasteiger partial charge is 0.419 e. The molecule has 0 fully saturated rings. The van der Waals surface area contributed by atoms with Gasteiger partial charge < -0.3 is 9.73 Å². The molecular formula is C16H12FN3O2. The number of oxazole rings is 1. The quantitative estimate of drug-likeness (QED) is 0.807. The third-order valence-electron chi connectivity index (χ3n) is 3.45. The van der Waals surface area contributed by atoms with Crippen LogP contribution in [0.5, 0.6) is 0 Å². The van der Waals surface area contributed by atoms with Crippen LogP contribution in [0.3, 0.4) is 0 Å². The van der Waals surface area contributed by atoms with Crippen molar-refractivity contribution in [3.63, 3.8) is 0 Å². The van der Waals surface area contributed by atoms with Crippen LogP contribution < -0.4 is 11.1 Å². The molecule has 0 aliphatic carbocycles. The average molecular weight is 297 g/mol. The van der Waals surface area contributed by atoms with Crippen molar-refractivity contribution in [1.82, 2.24) is 4.57 Å². The van der Waals surface area contributed by atoms with Gasteiger partial charge in [0.15, 0.2) is 5.58 Å². The SMILES string of the molecule is Cn1c(=O)oc2ccc(NCc3cc(C#N)ccc3F)cc21. The van der Waals surface area contributed by atoms with Crippen molar-refractivity contribution in [1.29, 1.82) is 5.26 Å². The molecule has 0 radical (unpaired) electrons. The molecule has 3 rings (SSSR count). The smallest absolute Gasteiger partial charge is 0.408 e. The highest BCUT2D eigenvalue weighted by atomic mass is 19.1. The lowest BCUT2D eigenvalue weighted by Crippen LogP contribution is -2.08.